The summed E-state index contributed by atoms with van der Waals surface area (Å²) in [6, 6.07) is 4.83. The van der Waals surface area contributed by atoms with Crippen LogP contribution < -0.4 is 11.3 Å². The van der Waals surface area contributed by atoms with Gasteiger partial charge in [-0.3, -0.25) is 4.79 Å². The van der Waals surface area contributed by atoms with Crippen LogP contribution in [0.1, 0.15) is 43.7 Å². The maximum absolute atomic E-state index is 11.5. The molecule has 104 valence electrons. The second kappa shape index (κ2) is 4.58. The maximum atomic E-state index is 11.5. The van der Waals surface area contributed by atoms with Crippen LogP contribution in [-0.2, 0) is 9.31 Å². The number of nitriles is 1. The van der Waals surface area contributed by atoms with Crippen molar-refractivity contribution in [3.05, 3.63) is 23.4 Å². The van der Waals surface area contributed by atoms with E-state index in [2.05, 4.69) is 4.98 Å². The Morgan fingerprint density at radius 2 is 1.85 bits per heavy atom. The molecule has 0 spiro atoms. The van der Waals surface area contributed by atoms with Gasteiger partial charge >= 0.3 is 7.12 Å². The van der Waals surface area contributed by atoms with Crippen LogP contribution in [0, 0.1) is 11.3 Å². The van der Waals surface area contributed by atoms with Crippen molar-refractivity contribution in [1.29, 1.82) is 5.26 Å². The van der Waals surface area contributed by atoms with Crippen molar-refractivity contribution in [3.8, 4) is 6.07 Å². The van der Waals surface area contributed by atoms with Gasteiger partial charge in [-0.2, -0.15) is 5.26 Å². The number of carbonyl (C=O) groups excluding carboxylic acids is 1. The van der Waals surface area contributed by atoms with Crippen molar-refractivity contribution >= 4 is 18.6 Å². The molecule has 2 heterocycles. The van der Waals surface area contributed by atoms with Gasteiger partial charge in [-0.15, -0.1) is 0 Å². The predicted molar refractivity (Wildman–Crippen MR) is 73.2 cm³/mol. The topological polar surface area (TPSA) is 98.2 Å². The first-order valence-electron chi connectivity index (χ1n) is 6.24. The molecule has 2 N–H and O–H groups in total. The molecule has 1 aromatic rings. The molecule has 20 heavy (non-hydrogen) atoms. The monoisotopic (exact) mass is 273 g/mol. The molecule has 1 aliphatic rings. The number of nitrogens with two attached hydrogens (primary N) is 1. The Balaban J connectivity index is 2.48. The van der Waals surface area contributed by atoms with Gasteiger partial charge in [0, 0.05) is 0 Å². The van der Waals surface area contributed by atoms with Crippen molar-refractivity contribution < 1.29 is 14.1 Å². The first kappa shape index (κ1) is 14.5. The van der Waals surface area contributed by atoms with Crippen LogP contribution in [0.25, 0.3) is 0 Å². The number of hydrogen-bond acceptors (Lipinski definition) is 5. The lowest BCUT2D eigenvalue weighted by Crippen LogP contribution is -2.41. The van der Waals surface area contributed by atoms with Gasteiger partial charge in [0.05, 0.1) is 22.4 Å². The van der Waals surface area contributed by atoms with Crippen molar-refractivity contribution in [2.75, 3.05) is 0 Å². The van der Waals surface area contributed by atoms with E-state index in [0.29, 0.717) is 0 Å². The number of primary amides is 1. The lowest BCUT2D eigenvalue weighted by atomic mass is 9.80. The maximum Gasteiger partial charge on any atom is 0.515 e. The fourth-order valence-corrected chi connectivity index (χ4v) is 1.88. The minimum absolute atomic E-state index is 0.180. The van der Waals surface area contributed by atoms with Gasteiger partial charge in [0.15, 0.2) is 0 Å². The lowest BCUT2D eigenvalue weighted by molar-refractivity contribution is 0.00578. The first-order chi connectivity index (χ1) is 9.18. The molecule has 0 aromatic carbocycles. The van der Waals surface area contributed by atoms with Crippen molar-refractivity contribution in [2.45, 2.75) is 38.9 Å². The van der Waals surface area contributed by atoms with Gasteiger partial charge < -0.3 is 15.0 Å². The van der Waals surface area contributed by atoms with Gasteiger partial charge in [0.25, 0.3) is 0 Å². The molecule has 0 radical (unpaired) electrons. The molecule has 0 atom stereocenters. The van der Waals surface area contributed by atoms with Crippen molar-refractivity contribution in [3.63, 3.8) is 0 Å². The quantitative estimate of drug-likeness (QED) is 0.784. The van der Waals surface area contributed by atoms with E-state index in [0.717, 1.165) is 0 Å². The van der Waals surface area contributed by atoms with Crippen LogP contribution in [-0.4, -0.2) is 29.2 Å². The van der Waals surface area contributed by atoms with E-state index in [1.165, 1.54) is 12.1 Å². The lowest BCUT2D eigenvalue weighted by Gasteiger charge is -2.32. The van der Waals surface area contributed by atoms with E-state index in [1.54, 1.807) is 0 Å². The molecule has 1 aliphatic heterocycles. The number of carbonyl (C=O) groups is 1. The highest BCUT2D eigenvalue weighted by atomic mass is 16.7. The average molecular weight is 273 g/mol. The summed E-state index contributed by atoms with van der Waals surface area (Å²) in [7, 11) is -0.823. The minimum atomic E-state index is -0.823. The van der Waals surface area contributed by atoms with Crippen LogP contribution in [0.4, 0.5) is 0 Å². The molecule has 1 amide bonds. The van der Waals surface area contributed by atoms with Crippen LogP contribution >= 0.6 is 0 Å². The van der Waals surface area contributed by atoms with Gasteiger partial charge in [-0.25, -0.2) is 4.98 Å². The molecule has 2 rings (SSSR count). The zero-order chi connectivity index (χ0) is 15.1. The summed E-state index contributed by atoms with van der Waals surface area (Å²) in [4.78, 5) is 15.6. The molecule has 6 nitrogen and oxygen atoms in total. The average Bonchev–Trinajstić information content (AvgIpc) is 2.57. The van der Waals surface area contributed by atoms with Crippen LogP contribution in [0.15, 0.2) is 12.1 Å². The Morgan fingerprint density at radius 3 is 2.30 bits per heavy atom. The normalized spacial score (nSPS) is 19.6. The fourth-order valence-electron chi connectivity index (χ4n) is 1.88. The molecule has 1 saturated heterocycles. The van der Waals surface area contributed by atoms with Crippen LogP contribution in [0.5, 0.6) is 0 Å². The third kappa shape index (κ3) is 2.28. The molecule has 0 unspecified atom stereocenters. The van der Waals surface area contributed by atoms with E-state index in [9.17, 15) is 4.79 Å². The molecular weight excluding hydrogens is 257 g/mol. The fraction of sp³-hybridized carbons (Fsp3) is 0.462. The van der Waals surface area contributed by atoms with E-state index in [-0.39, 0.29) is 16.9 Å². The summed E-state index contributed by atoms with van der Waals surface area (Å²) in [5.41, 5.74) is 4.84. The zero-order valence-corrected chi connectivity index (χ0v) is 11.9. The zero-order valence-electron chi connectivity index (χ0n) is 11.9. The molecule has 1 aromatic heterocycles. The Kier molecular flexibility index (Phi) is 3.32. The number of aromatic nitrogens is 1. The van der Waals surface area contributed by atoms with E-state index < -0.39 is 24.2 Å². The summed E-state index contributed by atoms with van der Waals surface area (Å²) < 4.78 is 11.7. The van der Waals surface area contributed by atoms with Crippen LogP contribution in [0.2, 0.25) is 0 Å². The standard InChI is InChI=1S/C13H16BN3O3/c1-12(2)13(3,4)20-14(19-12)10-9(11(16)18)6-5-8(7-15)17-10/h5-6H,1-4H3,(H2,16,18). The van der Waals surface area contributed by atoms with Gasteiger partial charge in [-0.05, 0) is 39.8 Å². The first-order valence-corrected chi connectivity index (χ1v) is 6.24. The molecule has 0 saturated carbocycles. The largest absolute Gasteiger partial charge is 0.515 e. The molecule has 1 fully saturated rings. The molecular formula is C13H16BN3O3. The Bertz CT molecular complexity index is 591. The van der Waals surface area contributed by atoms with Gasteiger partial charge in [0.1, 0.15) is 11.8 Å². The second-order valence-electron chi connectivity index (χ2n) is 5.69. The second-order valence-corrected chi connectivity index (χ2v) is 5.69. The third-order valence-electron chi connectivity index (χ3n) is 3.78. The SMILES string of the molecule is CC1(C)OB(c2nc(C#N)ccc2C(N)=O)OC1(C)C. The number of rotatable bonds is 2. The predicted octanol–water partition coefficient (Wildman–Crippen LogP) is 0.351. The smallest absolute Gasteiger partial charge is 0.398 e. The minimum Gasteiger partial charge on any atom is -0.398 e. The number of nitrogens with zero attached hydrogens (tertiary/aromatic N) is 2. The Hall–Kier alpha value is -1.91. The Morgan fingerprint density at radius 1 is 1.30 bits per heavy atom. The molecule has 0 aliphatic carbocycles. The van der Waals surface area contributed by atoms with Gasteiger partial charge in [0.2, 0.25) is 5.91 Å². The number of pyridine rings is 1. The summed E-state index contributed by atoms with van der Waals surface area (Å²) in [6.07, 6.45) is 0. The van der Waals surface area contributed by atoms with E-state index >= 15 is 0 Å². The van der Waals surface area contributed by atoms with Gasteiger partial charge in [-0.1, -0.05) is 0 Å². The van der Waals surface area contributed by atoms with Crippen LogP contribution in [0.3, 0.4) is 0 Å². The Labute approximate surface area is 118 Å². The number of amides is 1. The summed E-state index contributed by atoms with van der Waals surface area (Å²) in [5.74, 6) is -0.633. The van der Waals surface area contributed by atoms with E-state index in [4.69, 9.17) is 20.3 Å². The van der Waals surface area contributed by atoms with Crippen molar-refractivity contribution in [2.24, 2.45) is 5.73 Å². The summed E-state index contributed by atoms with van der Waals surface area (Å²) in [5, 5.41) is 8.93. The van der Waals surface area contributed by atoms with E-state index in [1.807, 2.05) is 33.8 Å². The highest BCUT2D eigenvalue weighted by Crippen LogP contribution is 2.36. The van der Waals surface area contributed by atoms with Crippen molar-refractivity contribution in [1.82, 2.24) is 4.98 Å². The summed E-state index contributed by atoms with van der Waals surface area (Å²) >= 11 is 0. The third-order valence-corrected chi connectivity index (χ3v) is 3.78. The molecule has 0 bridgehead atoms. The highest BCUT2D eigenvalue weighted by Gasteiger charge is 2.53. The molecule has 7 heteroatoms. The summed E-state index contributed by atoms with van der Waals surface area (Å²) in [6.45, 7) is 7.58. The number of hydrogen-bond donors (Lipinski definition) is 1. The highest BCUT2D eigenvalue weighted by molar-refractivity contribution is 6.62.